The quantitative estimate of drug-likeness (QED) is 0.497. The molecule has 0 saturated carbocycles. The van der Waals surface area contributed by atoms with E-state index in [1.807, 2.05) is 18.4 Å². The highest BCUT2D eigenvalue weighted by molar-refractivity contribution is 7.89. The van der Waals surface area contributed by atoms with Crippen molar-refractivity contribution in [3.63, 3.8) is 0 Å². The van der Waals surface area contributed by atoms with Crippen LogP contribution in [0.4, 0.5) is 0 Å². The van der Waals surface area contributed by atoms with Crippen molar-refractivity contribution in [2.75, 3.05) is 13.1 Å². The van der Waals surface area contributed by atoms with Gasteiger partial charge in [0.15, 0.2) is 4.80 Å². The molecule has 0 aliphatic carbocycles. The van der Waals surface area contributed by atoms with E-state index < -0.39 is 15.9 Å². The molecule has 1 heterocycles. The Hall–Kier alpha value is -2.55. The van der Waals surface area contributed by atoms with Gasteiger partial charge < -0.3 is 4.57 Å². The van der Waals surface area contributed by atoms with Crippen LogP contribution < -0.4 is 4.80 Å². The molecule has 0 saturated heterocycles. The highest BCUT2D eigenvalue weighted by atomic mass is 32.2. The summed E-state index contributed by atoms with van der Waals surface area (Å²) in [4.78, 5) is 18.0. The second-order valence-electron chi connectivity index (χ2n) is 7.24. The summed E-state index contributed by atoms with van der Waals surface area (Å²) < 4.78 is 29.7. The van der Waals surface area contributed by atoms with Gasteiger partial charge in [0.25, 0.3) is 5.91 Å². The van der Waals surface area contributed by atoms with Gasteiger partial charge in [-0.3, -0.25) is 4.79 Å². The number of rotatable bonds is 7. The minimum Gasteiger partial charge on any atom is -0.312 e. The number of sulfonamides is 1. The molecule has 3 aromatic rings. The second-order valence-corrected chi connectivity index (χ2v) is 10.2. The maximum Gasteiger partial charge on any atom is 0.279 e. The maximum atomic E-state index is 12.8. The third-order valence-corrected chi connectivity index (χ3v) is 8.36. The van der Waals surface area contributed by atoms with Crippen molar-refractivity contribution in [2.24, 2.45) is 4.99 Å². The van der Waals surface area contributed by atoms with Crippen LogP contribution in [-0.4, -0.2) is 36.3 Å². The second kappa shape index (κ2) is 9.30. The van der Waals surface area contributed by atoms with Gasteiger partial charge in [-0.25, -0.2) is 8.42 Å². The Morgan fingerprint density at radius 2 is 1.81 bits per heavy atom. The fourth-order valence-corrected chi connectivity index (χ4v) is 6.08. The van der Waals surface area contributed by atoms with Crippen molar-refractivity contribution in [1.29, 1.82) is 0 Å². The number of thiazole rings is 1. The first-order valence-corrected chi connectivity index (χ1v) is 12.4. The monoisotopic (exact) mass is 457 g/mol. The van der Waals surface area contributed by atoms with E-state index in [2.05, 4.69) is 23.7 Å². The van der Waals surface area contributed by atoms with Gasteiger partial charge in [0, 0.05) is 25.2 Å². The Morgan fingerprint density at radius 1 is 1.16 bits per heavy atom. The van der Waals surface area contributed by atoms with Crippen LogP contribution in [0, 0.1) is 13.8 Å². The SMILES string of the molecule is C=CCn1c(=NC(=O)c2ccc(S(=O)(=O)N(CC)CC)cc2)sc2c(C)cc(C)cc21. The summed E-state index contributed by atoms with van der Waals surface area (Å²) in [5, 5.41) is 0. The van der Waals surface area contributed by atoms with Gasteiger partial charge in [-0.05, 0) is 55.3 Å². The molecule has 0 aliphatic rings. The standard InChI is InChI=1S/C23H27N3O3S2/c1-6-13-26-20-15-16(4)14-17(5)21(20)30-23(26)24-22(27)18-9-11-19(12-10-18)31(28,29)25(7-2)8-3/h6,9-12,14-15H,1,7-8,13H2,2-5H3. The highest BCUT2D eigenvalue weighted by Gasteiger charge is 2.21. The lowest BCUT2D eigenvalue weighted by atomic mass is 10.1. The minimum atomic E-state index is -3.56. The van der Waals surface area contributed by atoms with Crippen molar-refractivity contribution >= 4 is 37.5 Å². The van der Waals surface area contributed by atoms with Gasteiger partial charge in [0.2, 0.25) is 10.0 Å². The van der Waals surface area contributed by atoms with Gasteiger partial charge in [-0.2, -0.15) is 9.30 Å². The Labute approximate surface area is 187 Å². The van der Waals surface area contributed by atoms with Crippen LogP contribution in [0.3, 0.4) is 0 Å². The zero-order valence-electron chi connectivity index (χ0n) is 18.3. The lowest BCUT2D eigenvalue weighted by Gasteiger charge is -2.18. The van der Waals surface area contributed by atoms with E-state index in [1.165, 1.54) is 39.9 Å². The molecule has 6 nitrogen and oxygen atoms in total. The molecule has 164 valence electrons. The lowest BCUT2D eigenvalue weighted by Crippen LogP contribution is -2.30. The average molecular weight is 458 g/mol. The normalized spacial score (nSPS) is 12.6. The van der Waals surface area contributed by atoms with Crippen LogP contribution in [0.2, 0.25) is 0 Å². The minimum absolute atomic E-state index is 0.169. The summed E-state index contributed by atoms with van der Waals surface area (Å²) in [5.74, 6) is -0.412. The Balaban J connectivity index is 2.03. The van der Waals surface area contributed by atoms with Crippen molar-refractivity contribution in [3.05, 3.63) is 70.5 Å². The Kier molecular flexibility index (Phi) is 6.93. The molecule has 0 bridgehead atoms. The molecule has 0 spiro atoms. The van der Waals surface area contributed by atoms with Crippen molar-refractivity contribution < 1.29 is 13.2 Å². The fourth-order valence-electron chi connectivity index (χ4n) is 3.54. The van der Waals surface area contributed by atoms with Gasteiger partial charge in [-0.1, -0.05) is 37.3 Å². The number of carbonyl (C=O) groups excluding carboxylic acids is 1. The molecule has 8 heteroatoms. The third-order valence-electron chi connectivity index (χ3n) is 5.07. The van der Waals surface area contributed by atoms with E-state index in [1.54, 1.807) is 19.9 Å². The molecule has 0 aliphatic heterocycles. The molecule has 2 aromatic carbocycles. The number of hydrogen-bond acceptors (Lipinski definition) is 4. The molecular weight excluding hydrogens is 430 g/mol. The predicted molar refractivity (Wildman–Crippen MR) is 126 cm³/mol. The van der Waals surface area contributed by atoms with Crippen LogP contribution in [0.1, 0.15) is 35.3 Å². The van der Waals surface area contributed by atoms with Crippen LogP contribution in [0.15, 0.2) is 58.9 Å². The predicted octanol–water partition coefficient (Wildman–Crippen LogP) is 4.28. The van der Waals surface area contributed by atoms with E-state index in [-0.39, 0.29) is 4.90 Å². The number of allylic oxidation sites excluding steroid dienone is 1. The number of aromatic nitrogens is 1. The third kappa shape index (κ3) is 4.56. The van der Waals surface area contributed by atoms with Crippen molar-refractivity contribution in [3.8, 4) is 0 Å². The number of fused-ring (bicyclic) bond motifs is 1. The van der Waals surface area contributed by atoms with E-state index >= 15 is 0 Å². The largest absolute Gasteiger partial charge is 0.312 e. The first kappa shape index (κ1) is 23.1. The van der Waals surface area contributed by atoms with E-state index in [9.17, 15) is 13.2 Å². The summed E-state index contributed by atoms with van der Waals surface area (Å²) in [6, 6.07) is 10.2. The van der Waals surface area contributed by atoms with Gasteiger partial charge in [0.1, 0.15) is 0 Å². The molecule has 1 amide bonds. The number of benzene rings is 2. The van der Waals surface area contributed by atoms with Crippen LogP contribution in [-0.2, 0) is 16.6 Å². The molecule has 0 N–H and O–H groups in total. The smallest absolute Gasteiger partial charge is 0.279 e. The highest BCUT2D eigenvalue weighted by Crippen LogP contribution is 2.24. The topological polar surface area (TPSA) is 71.7 Å². The first-order valence-electron chi connectivity index (χ1n) is 10.1. The molecule has 0 fully saturated rings. The Bertz CT molecular complexity index is 1300. The first-order chi connectivity index (χ1) is 14.7. The molecule has 0 atom stereocenters. The van der Waals surface area contributed by atoms with E-state index in [0.29, 0.717) is 30.0 Å². The zero-order valence-corrected chi connectivity index (χ0v) is 19.9. The molecular formula is C23H27N3O3S2. The molecule has 0 unspecified atom stereocenters. The van der Waals surface area contributed by atoms with Gasteiger partial charge in [-0.15, -0.1) is 6.58 Å². The summed E-state index contributed by atoms with van der Waals surface area (Å²) in [7, 11) is -3.56. The summed E-state index contributed by atoms with van der Waals surface area (Å²) >= 11 is 1.46. The summed E-state index contributed by atoms with van der Waals surface area (Å²) in [6.45, 7) is 12.8. The molecule has 0 radical (unpaired) electrons. The molecule has 31 heavy (non-hydrogen) atoms. The van der Waals surface area contributed by atoms with Gasteiger partial charge in [0.05, 0.1) is 15.1 Å². The number of carbonyl (C=O) groups is 1. The van der Waals surface area contributed by atoms with E-state index in [4.69, 9.17) is 0 Å². The summed E-state index contributed by atoms with van der Waals surface area (Å²) in [6.07, 6.45) is 1.78. The number of nitrogens with zero attached hydrogens (tertiary/aromatic N) is 3. The van der Waals surface area contributed by atoms with E-state index in [0.717, 1.165) is 21.3 Å². The number of hydrogen-bond donors (Lipinski definition) is 0. The van der Waals surface area contributed by atoms with Crippen LogP contribution in [0.5, 0.6) is 0 Å². The fraction of sp³-hybridized carbons (Fsp3) is 0.304. The maximum absolute atomic E-state index is 12.8. The van der Waals surface area contributed by atoms with Gasteiger partial charge >= 0.3 is 0 Å². The molecule has 1 aromatic heterocycles. The lowest BCUT2D eigenvalue weighted by molar-refractivity contribution is 0.0997. The summed E-state index contributed by atoms with van der Waals surface area (Å²) in [5.41, 5.74) is 3.64. The number of amides is 1. The van der Waals surface area contributed by atoms with Crippen LogP contribution >= 0.6 is 11.3 Å². The average Bonchev–Trinajstić information content (AvgIpc) is 3.06. The van der Waals surface area contributed by atoms with Crippen molar-refractivity contribution in [1.82, 2.24) is 8.87 Å². The Morgan fingerprint density at radius 3 is 2.39 bits per heavy atom. The van der Waals surface area contributed by atoms with Crippen LogP contribution in [0.25, 0.3) is 10.2 Å². The number of aryl methyl sites for hydroxylation is 2. The molecule has 3 rings (SSSR count). The van der Waals surface area contributed by atoms with Crippen molar-refractivity contribution in [2.45, 2.75) is 39.1 Å². The zero-order chi connectivity index (χ0) is 22.8.